The van der Waals surface area contributed by atoms with Crippen molar-refractivity contribution in [1.29, 1.82) is 0 Å². The van der Waals surface area contributed by atoms with Crippen LogP contribution in [0.1, 0.15) is 10.9 Å². The molecule has 0 bridgehead atoms. The monoisotopic (exact) mass is 463 g/mol. The number of fused-ring (bicyclic) bond motifs is 1. The van der Waals surface area contributed by atoms with E-state index in [9.17, 15) is 8.42 Å². The molecule has 4 nitrogen and oxygen atoms in total. The summed E-state index contributed by atoms with van der Waals surface area (Å²) in [6.07, 6.45) is 0. The molecule has 0 radical (unpaired) electrons. The van der Waals surface area contributed by atoms with Gasteiger partial charge in [-0.15, -0.1) is 11.8 Å². The van der Waals surface area contributed by atoms with Crippen LogP contribution in [0.25, 0.3) is 10.8 Å². The van der Waals surface area contributed by atoms with Crippen molar-refractivity contribution in [3.63, 3.8) is 0 Å². The lowest BCUT2D eigenvalue weighted by molar-refractivity contribution is 0.410. The maximum Gasteiger partial charge on any atom is 0.244 e. The summed E-state index contributed by atoms with van der Waals surface area (Å²) < 4.78 is 34.4. The zero-order chi connectivity index (χ0) is 19.0. The molecule has 3 aromatic carbocycles. The van der Waals surface area contributed by atoms with Crippen molar-refractivity contribution in [2.24, 2.45) is 0 Å². The van der Waals surface area contributed by atoms with Crippen molar-refractivity contribution in [2.45, 2.75) is 10.3 Å². The first kappa shape index (κ1) is 18.8. The van der Waals surface area contributed by atoms with Gasteiger partial charge < -0.3 is 4.74 Å². The predicted octanol–water partition coefficient (Wildman–Crippen LogP) is 5.05. The molecule has 1 fully saturated rings. The lowest BCUT2D eigenvalue weighted by atomic mass is 10.1. The second-order valence-corrected chi connectivity index (χ2v) is 10.2. The second kappa shape index (κ2) is 7.47. The van der Waals surface area contributed by atoms with E-state index in [0.717, 1.165) is 32.3 Å². The molecule has 0 saturated carbocycles. The second-order valence-electron chi connectivity index (χ2n) is 6.24. The maximum absolute atomic E-state index is 13.3. The van der Waals surface area contributed by atoms with Crippen LogP contribution in [0, 0.1) is 0 Å². The highest BCUT2D eigenvalue weighted by atomic mass is 79.9. The largest absolute Gasteiger partial charge is 0.496 e. The predicted molar refractivity (Wildman–Crippen MR) is 114 cm³/mol. The van der Waals surface area contributed by atoms with Crippen molar-refractivity contribution in [3.8, 4) is 5.75 Å². The van der Waals surface area contributed by atoms with Crippen LogP contribution in [-0.2, 0) is 10.0 Å². The van der Waals surface area contributed by atoms with Crippen LogP contribution < -0.4 is 4.74 Å². The molecule has 1 aliphatic rings. The molecule has 1 saturated heterocycles. The fraction of sp³-hybridized carbons (Fsp3) is 0.200. The number of halogens is 1. The zero-order valence-corrected chi connectivity index (χ0v) is 17.9. The van der Waals surface area contributed by atoms with E-state index in [1.54, 1.807) is 35.3 Å². The minimum atomic E-state index is -3.59. The lowest BCUT2D eigenvalue weighted by Gasteiger charge is -2.24. The Balaban J connectivity index is 1.72. The van der Waals surface area contributed by atoms with Gasteiger partial charge >= 0.3 is 0 Å². The Bertz CT molecular complexity index is 1100. The molecule has 7 heteroatoms. The summed E-state index contributed by atoms with van der Waals surface area (Å²) in [5.74, 6) is 1.49. The average Bonchev–Trinajstić information content (AvgIpc) is 3.18. The molecule has 1 aliphatic heterocycles. The zero-order valence-electron chi connectivity index (χ0n) is 14.6. The number of hydrogen-bond acceptors (Lipinski definition) is 4. The fourth-order valence-corrected chi connectivity index (χ4v) is 7.09. The molecule has 3 aromatic rings. The van der Waals surface area contributed by atoms with Gasteiger partial charge in [-0.3, -0.25) is 0 Å². The average molecular weight is 464 g/mol. The summed E-state index contributed by atoms with van der Waals surface area (Å²) in [6.45, 7) is 0.494. The molecule has 0 aromatic heterocycles. The molecule has 0 unspecified atom stereocenters. The molecule has 1 atom stereocenters. The van der Waals surface area contributed by atoms with Crippen LogP contribution in [0.15, 0.2) is 70.0 Å². The quantitative estimate of drug-likeness (QED) is 0.543. The van der Waals surface area contributed by atoms with Crippen molar-refractivity contribution in [1.82, 2.24) is 4.31 Å². The van der Waals surface area contributed by atoms with Gasteiger partial charge in [-0.2, -0.15) is 4.31 Å². The van der Waals surface area contributed by atoms with Gasteiger partial charge in [0.25, 0.3) is 0 Å². The van der Waals surface area contributed by atoms with E-state index in [-0.39, 0.29) is 5.37 Å². The third kappa shape index (κ3) is 3.49. The smallest absolute Gasteiger partial charge is 0.244 e. The molecule has 4 rings (SSSR count). The van der Waals surface area contributed by atoms with E-state index in [4.69, 9.17) is 4.74 Å². The number of nitrogens with zero attached hydrogens (tertiary/aromatic N) is 1. The third-order valence-corrected chi connectivity index (χ3v) is 8.51. The summed E-state index contributed by atoms with van der Waals surface area (Å²) in [5.41, 5.74) is 0.939. The van der Waals surface area contributed by atoms with Crippen LogP contribution in [0.4, 0.5) is 0 Å². The van der Waals surface area contributed by atoms with Gasteiger partial charge in [-0.1, -0.05) is 36.4 Å². The van der Waals surface area contributed by atoms with Crippen molar-refractivity contribution in [2.75, 3.05) is 19.4 Å². The highest BCUT2D eigenvalue weighted by Crippen LogP contribution is 2.43. The fourth-order valence-electron chi connectivity index (χ4n) is 3.26. The van der Waals surface area contributed by atoms with Gasteiger partial charge in [0, 0.05) is 12.3 Å². The number of sulfonamides is 1. The van der Waals surface area contributed by atoms with Crippen molar-refractivity contribution in [3.05, 3.63) is 70.7 Å². The van der Waals surface area contributed by atoms with Gasteiger partial charge in [0.1, 0.15) is 5.75 Å². The van der Waals surface area contributed by atoms with Crippen LogP contribution in [0.2, 0.25) is 0 Å². The number of hydrogen-bond donors (Lipinski definition) is 0. The SMILES string of the molecule is COc1ccc([C@@H]2SCCN2S(=O)(=O)c2ccc3ccccc3c2)cc1Br. The van der Waals surface area contributed by atoms with Gasteiger partial charge in [0.05, 0.1) is 21.9 Å². The van der Waals surface area contributed by atoms with E-state index < -0.39 is 10.0 Å². The van der Waals surface area contributed by atoms with E-state index in [1.165, 1.54) is 0 Å². The summed E-state index contributed by atoms with van der Waals surface area (Å²) in [7, 11) is -1.98. The summed E-state index contributed by atoms with van der Waals surface area (Å²) >= 11 is 5.13. The van der Waals surface area contributed by atoms with Gasteiger partial charge in [0.2, 0.25) is 10.0 Å². The van der Waals surface area contributed by atoms with E-state index in [0.29, 0.717) is 11.4 Å². The molecule has 0 N–H and O–H groups in total. The molecule has 27 heavy (non-hydrogen) atoms. The molecule has 0 aliphatic carbocycles. The van der Waals surface area contributed by atoms with Gasteiger partial charge in [0.15, 0.2) is 0 Å². The topological polar surface area (TPSA) is 46.6 Å². The number of benzene rings is 3. The Morgan fingerprint density at radius 1 is 1.07 bits per heavy atom. The third-order valence-electron chi connectivity index (χ3n) is 4.64. The number of rotatable bonds is 4. The molecular formula is C20H18BrNO3S2. The van der Waals surface area contributed by atoms with E-state index >= 15 is 0 Å². The summed E-state index contributed by atoms with van der Waals surface area (Å²) in [6, 6.07) is 18.8. The molecule has 0 spiro atoms. The number of ether oxygens (including phenoxy) is 1. The molecular weight excluding hydrogens is 446 g/mol. The van der Waals surface area contributed by atoms with E-state index in [2.05, 4.69) is 15.9 Å². The number of thioether (sulfide) groups is 1. The molecule has 0 amide bonds. The standard InChI is InChI=1S/C20H18BrNO3S2/c1-25-19-9-7-16(13-18(19)21)20-22(10-11-26-20)27(23,24)17-8-6-14-4-2-3-5-15(14)12-17/h2-9,12-13,20H,10-11H2,1H3/t20-/m0/s1. The Hall–Kier alpha value is -1.54. The summed E-state index contributed by atoms with van der Waals surface area (Å²) in [4.78, 5) is 0.335. The Labute approximate surface area is 171 Å². The van der Waals surface area contributed by atoms with Gasteiger partial charge in [-0.25, -0.2) is 8.42 Å². The van der Waals surface area contributed by atoms with Crippen LogP contribution in [0.3, 0.4) is 0 Å². The summed E-state index contributed by atoms with van der Waals surface area (Å²) in [5, 5.41) is 1.71. The highest BCUT2D eigenvalue weighted by molar-refractivity contribution is 9.10. The lowest BCUT2D eigenvalue weighted by Crippen LogP contribution is -2.30. The number of methoxy groups -OCH3 is 1. The minimum absolute atomic E-state index is 0.247. The van der Waals surface area contributed by atoms with Crippen molar-refractivity contribution >= 4 is 48.5 Å². The van der Waals surface area contributed by atoms with Crippen molar-refractivity contribution < 1.29 is 13.2 Å². The maximum atomic E-state index is 13.3. The van der Waals surface area contributed by atoms with Crippen LogP contribution in [-0.4, -0.2) is 32.1 Å². The first-order chi connectivity index (χ1) is 13.0. The molecule has 140 valence electrons. The first-order valence-electron chi connectivity index (χ1n) is 8.46. The first-order valence-corrected chi connectivity index (χ1v) is 11.7. The van der Waals surface area contributed by atoms with Gasteiger partial charge in [-0.05, 0) is 56.5 Å². The van der Waals surface area contributed by atoms with Crippen LogP contribution >= 0.6 is 27.7 Å². The normalized spacial score (nSPS) is 18.1. The minimum Gasteiger partial charge on any atom is -0.496 e. The van der Waals surface area contributed by atoms with Crippen LogP contribution in [0.5, 0.6) is 5.75 Å². The Morgan fingerprint density at radius 2 is 1.85 bits per heavy atom. The Kier molecular flexibility index (Phi) is 5.20. The highest BCUT2D eigenvalue weighted by Gasteiger charge is 2.37. The van der Waals surface area contributed by atoms with E-state index in [1.807, 2.05) is 48.5 Å². The Morgan fingerprint density at radius 3 is 2.59 bits per heavy atom. The molecule has 1 heterocycles.